The molecule has 188 valence electrons. The van der Waals surface area contributed by atoms with Gasteiger partial charge < -0.3 is 14.4 Å². The Labute approximate surface area is 207 Å². The van der Waals surface area contributed by atoms with Gasteiger partial charge in [-0.15, -0.1) is 0 Å². The van der Waals surface area contributed by atoms with Crippen LogP contribution in [-0.2, 0) is 19.1 Å². The molecule has 1 aromatic carbocycles. The Bertz CT molecular complexity index is 1070. The lowest BCUT2D eigenvalue weighted by atomic mass is 9.52. The summed E-state index contributed by atoms with van der Waals surface area (Å²) in [7, 11) is 1.77. The number of rotatable bonds is 6. The molecule has 0 spiro atoms. The molecule has 1 saturated carbocycles. The number of hydrogen-bond acceptors (Lipinski definition) is 6. The number of amides is 2. The number of esters is 1. The van der Waals surface area contributed by atoms with E-state index >= 15 is 0 Å². The molecule has 2 aliphatic heterocycles. The number of para-hydroxylation sites is 1. The SMILES string of the molecule is CCN1C[C@]23CCC[C@](COC(=O)c4ccccc4N4C(=O)C[C@@H](C)C4=O)(C1)C2=CC(OC)CC3. The fourth-order valence-corrected chi connectivity index (χ4v) is 6.98. The lowest BCUT2D eigenvalue weighted by molar-refractivity contribution is -0.122. The van der Waals surface area contributed by atoms with Crippen LogP contribution in [0.3, 0.4) is 0 Å². The van der Waals surface area contributed by atoms with Gasteiger partial charge in [0.05, 0.1) is 17.4 Å². The molecule has 4 atom stereocenters. The molecule has 3 fully saturated rings. The van der Waals surface area contributed by atoms with E-state index in [1.807, 2.05) is 0 Å². The van der Waals surface area contributed by atoms with Crippen molar-refractivity contribution in [2.75, 3.05) is 38.3 Å². The third-order valence-electron chi connectivity index (χ3n) is 8.73. The molecular formula is C28H36N2O5. The zero-order valence-electron chi connectivity index (χ0n) is 21.0. The van der Waals surface area contributed by atoms with Gasteiger partial charge in [0.25, 0.3) is 0 Å². The molecule has 1 aromatic rings. The van der Waals surface area contributed by atoms with Crippen LogP contribution in [0.25, 0.3) is 0 Å². The van der Waals surface area contributed by atoms with Gasteiger partial charge in [-0.25, -0.2) is 9.69 Å². The van der Waals surface area contributed by atoms with E-state index in [0.29, 0.717) is 12.3 Å². The number of piperidine rings is 1. The van der Waals surface area contributed by atoms with Gasteiger partial charge in [-0.1, -0.05) is 44.1 Å². The molecular weight excluding hydrogens is 444 g/mol. The van der Waals surface area contributed by atoms with Crippen molar-refractivity contribution < 1.29 is 23.9 Å². The van der Waals surface area contributed by atoms with Gasteiger partial charge >= 0.3 is 5.97 Å². The Hall–Kier alpha value is -2.51. The Balaban J connectivity index is 1.43. The van der Waals surface area contributed by atoms with Crippen LogP contribution in [0.5, 0.6) is 0 Å². The largest absolute Gasteiger partial charge is 0.461 e. The van der Waals surface area contributed by atoms with E-state index in [-0.39, 0.29) is 46.7 Å². The second-order valence-electron chi connectivity index (χ2n) is 10.9. The molecule has 0 radical (unpaired) electrons. The number of anilines is 1. The van der Waals surface area contributed by atoms with Crippen molar-refractivity contribution in [1.82, 2.24) is 4.90 Å². The Kier molecular flexibility index (Phi) is 6.34. The van der Waals surface area contributed by atoms with E-state index < -0.39 is 5.97 Å². The molecule has 0 N–H and O–H groups in total. The van der Waals surface area contributed by atoms with Crippen molar-refractivity contribution in [3.05, 3.63) is 41.5 Å². The molecule has 35 heavy (non-hydrogen) atoms. The highest BCUT2D eigenvalue weighted by Crippen LogP contribution is 2.59. The zero-order valence-corrected chi connectivity index (χ0v) is 21.0. The van der Waals surface area contributed by atoms with Crippen LogP contribution < -0.4 is 4.90 Å². The van der Waals surface area contributed by atoms with Crippen molar-refractivity contribution in [3.8, 4) is 0 Å². The number of imide groups is 1. The summed E-state index contributed by atoms with van der Waals surface area (Å²) < 4.78 is 11.8. The van der Waals surface area contributed by atoms with E-state index in [0.717, 1.165) is 50.2 Å². The summed E-state index contributed by atoms with van der Waals surface area (Å²) >= 11 is 0. The monoisotopic (exact) mass is 480 g/mol. The first-order chi connectivity index (χ1) is 16.8. The molecule has 7 nitrogen and oxygen atoms in total. The van der Waals surface area contributed by atoms with Gasteiger partial charge in [0.2, 0.25) is 11.8 Å². The number of carbonyl (C=O) groups excluding carboxylic acids is 3. The standard InChI is InChI=1S/C28H36N2O5/c1-4-29-16-27-11-7-12-28(17-29,23(27)15-20(34-3)10-13-27)18-35-26(33)21-8-5-6-9-22(21)30-24(31)14-19(2)25(30)32/h5-6,8-9,15,19-20H,4,7,10-14,16-18H2,1-3H3/t19-,20?,27-,28-/m1/s1. The maximum absolute atomic E-state index is 13.4. The van der Waals surface area contributed by atoms with E-state index in [2.05, 4.69) is 17.9 Å². The van der Waals surface area contributed by atoms with Gasteiger partial charge in [-0.2, -0.15) is 0 Å². The summed E-state index contributed by atoms with van der Waals surface area (Å²) in [4.78, 5) is 42.3. The summed E-state index contributed by atoms with van der Waals surface area (Å²) in [6.45, 7) is 7.12. The van der Waals surface area contributed by atoms with Gasteiger partial charge in [-0.3, -0.25) is 9.59 Å². The van der Waals surface area contributed by atoms with E-state index in [9.17, 15) is 14.4 Å². The van der Waals surface area contributed by atoms with Crippen molar-refractivity contribution in [2.45, 2.75) is 58.5 Å². The van der Waals surface area contributed by atoms with Crippen LogP contribution >= 0.6 is 0 Å². The second kappa shape index (κ2) is 9.17. The van der Waals surface area contributed by atoms with E-state index in [4.69, 9.17) is 9.47 Å². The summed E-state index contributed by atoms with van der Waals surface area (Å²) in [6, 6.07) is 6.78. The summed E-state index contributed by atoms with van der Waals surface area (Å²) in [6.07, 6.45) is 7.98. The molecule has 5 rings (SSSR count). The highest BCUT2D eigenvalue weighted by Gasteiger charge is 2.56. The van der Waals surface area contributed by atoms with Crippen LogP contribution in [0, 0.1) is 16.7 Å². The summed E-state index contributed by atoms with van der Waals surface area (Å²) in [5.41, 5.74) is 1.90. The van der Waals surface area contributed by atoms with Gasteiger partial charge in [0.1, 0.15) is 6.61 Å². The Morgan fingerprint density at radius 3 is 2.66 bits per heavy atom. The first-order valence-corrected chi connectivity index (χ1v) is 12.9. The predicted octanol–water partition coefficient (Wildman–Crippen LogP) is 3.97. The number of methoxy groups -OCH3 is 1. The third kappa shape index (κ3) is 4.02. The average Bonchev–Trinajstić information content (AvgIpc) is 3.12. The van der Waals surface area contributed by atoms with Crippen molar-refractivity contribution in [2.24, 2.45) is 16.7 Å². The number of hydrogen-bond donors (Lipinski definition) is 0. The Morgan fingerprint density at radius 1 is 1.14 bits per heavy atom. The highest BCUT2D eigenvalue weighted by molar-refractivity contribution is 6.22. The van der Waals surface area contributed by atoms with Crippen LogP contribution in [0.2, 0.25) is 0 Å². The van der Waals surface area contributed by atoms with Crippen LogP contribution in [0.4, 0.5) is 5.69 Å². The minimum atomic E-state index is -0.486. The molecule has 2 heterocycles. The van der Waals surface area contributed by atoms with Crippen molar-refractivity contribution in [3.63, 3.8) is 0 Å². The highest BCUT2D eigenvalue weighted by atomic mass is 16.5. The van der Waals surface area contributed by atoms with Crippen molar-refractivity contribution in [1.29, 1.82) is 0 Å². The first kappa shape index (κ1) is 24.2. The van der Waals surface area contributed by atoms with Crippen LogP contribution in [0.15, 0.2) is 35.9 Å². The molecule has 2 aliphatic carbocycles. The predicted molar refractivity (Wildman–Crippen MR) is 132 cm³/mol. The minimum Gasteiger partial charge on any atom is -0.461 e. The molecule has 7 heteroatoms. The lowest BCUT2D eigenvalue weighted by Crippen LogP contribution is -2.59. The molecule has 0 aromatic heterocycles. The zero-order chi connectivity index (χ0) is 24.8. The second-order valence-corrected chi connectivity index (χ2v) is 10.9. The maximum Gasteiger partial charge on any atom is 0.340 e. The number of carbonyl (C=O) groups is 3. The smallest absolute Gasteiger partial charge is 0.340 e. The van der Waals surface area contributed by atoms with Crippen LogP contribution in [0.1, 0.15) is 62.7 Å². The lowest BCUT2D eigenvalue weighted by Gasteiger charge is -2.59. The van der Waals surface area contributed by atoms with Gasteiger partial charge in [-0.05, 0) is 44.4 Å². The van der Waals surface area contributed by atoms with Gasteiger partial charge in [0.15, 0.2) is 0 Å². The molecule has 4 aliphatic rings. The Morgan fingerprint density at radius 2 is 1.94 bits per heavy atom. The maximum atomic E-state index is 13.4. The van der Waals surface area contributed by atoms with E-state index in [1.54, 1.807) is 38.3 Å². The molecule has 1 unspecified atom stereocenters. The third-order valence-corrected chi connectivity index (χ3v) is 8.73. The van der Waals surface area contributed by atoms with E-state index in [1.165, 1.54) is 12.0 Å². The van der Waals surface area contributed by atoms with Crippen molar-refractivity contribution >= 4 is 23.5 Å². The van der Waals surface area contributed by atoms with Gasteiger partial charge in [0, 0.05) is 43.4 Å². The summed E-state index contributed by atoms with van der Waals surface area (Å²) in [5.74, 6) is -1.41. The quantitative estimate of drug-likeness (QED) is 0.348. The number of nitrogens with zero attached hydrogens (tertiary/aromatic N) is 2. The normalized spacial score (nSPS) is 32.9. The molecule has 2 bridgehead atoms. The number of ether oxygens (including phenoxy) is 2. The summed E-state index contributed by atoms with van der Waals surface area (Å²) in [5, 5.41) is 0. The first-order valence-electron chi connectivity index (χ1n) is 12.9. The topological polar surface area (TPSA) is 76.2 Å². The average molecular weight is 481 g/mol. The molecule has 2 saturated heterocycles. The minimum absolute atomic E-state index is 0.106. The molecule has 2 amide bonds. The van der Waals surface area contributed by atoms with Crippen LogP contribution in [-0.4, -0.2) is 62.1 Å². The fourth-order valence-electron chi connectivity index (χ4n) is 6.98. The number of likely N-dealkylation sites (tertiary alicyclic amines) is 1. The number of benzene rings is 1. The fraction of sp³-hybridized carbons (Fsp3) is 0.607.